The summed E-state index contributed by atoms with van der Waals surface area (Å²) in [5.74, 6) is 2.31. The van der Waals surface area contributed by atoms with Gasteiger partial charge in [-0.2, -0.15) is 5.10 Å². The SMILES string of the molecule is CN=C(NCc1ccc(-n2nc(C)cc2C)nc1)N(C)CC1CCOC1.I. The second-order valence-electron chi connectivity index (χ2n) is 6.87. The molecule has 0 bridgehead atoms. The Morgan fingerprint density at radius 2 is 2.22 bits per heavy atom. The summed E-state index contributed by atoms with van der Waals surface area (Å²) in [7, 11) is 3.88. The highest BCUT2D eigenvalue weighted by molar-refractivity contribution is 14.0. The molecule has 0 amide bonds. The molecular weight excluding hydrogens is 455 g/mol. The van der Waals surface area contributed by atoms with Gasteiger partial charge in [-0.25, -0.2) is 9.67 Å². The third-order valence-electron chi connectivity index (χ3n) is 4.62. The van der Waals surface area contributed by atoms with E-state index < -0.39 is 0 Å². The molecule has 0 aromatic carbocycles. The van der Waals surface area contributed by atoms with Crippen molar-refractivity contribution in [1.82, 2.24) is 25.0 Å². The van der Waals surface area contributed by atoms with Crippen LogP contribution >= 0.6 is 24.0 Å². The lowest BCUT2D eigenvalue weighted by Gasteiger charge is -2.24. The minimum Gasteiger partial charge on any atom is -0.381 e. The molecule has 148 valence electrons. The van der Waals surface area contributed by atoms with Gasteiger partial charge in [-0.1, -0.05) is 6.07 Å². The van der Waals surface area contributed by atoms with Crippen molar-refractivity contribution < 1.29 is 4.74 Å². The third-order valence-corrected chi connectivity index (χ3v) is 4.62. The van der Waals surface area contributed by atoms with Gasteiger partial charge < -0.3 is 15.0 Å². The Morgan fingerprint density at radius 3 is 2.78 bits per heavy atom. The molecule has 27 heavy (non-hydrogen) atoms. The summed E-state index contributed by atoms with van der Waals surface area (Å²) >= 11 is 0. The number of rotatable bonds is 5. The fourth-order valence-electron chi connectivity index (χ4n) is 3.27. The van der Waals surface area contributed by atoms with Crippen LogP contribution in [0.1, 0.15) is 23.4 Å². The van der Waals surface area contributed by atoms with Gasteiger partial charge >= 0.3 is 0 Å². The van der Waals surface area contributed by atoms with E-state index in [9.17, 15) is 0 Å². The third kappa shape index (κ3) is 5.65. The topological polar surface area (TPSA) is 67.6 Å². The van der Waals surface area contributed by atoms with Gasteiger partial charge in [-0.15, -0.1) is 24.0 Å². The van der Waals surface area contributed by atoms with Crippen LogP contribution in [-0.2, 0) is 11.3 Å². The van der Waals surface area contributed by atoms with Crippen LogP contribution in [0, 0.1) is 19.8 Å². The van der Waals surface area contributed by atoms with Crippen molar-refractivity contribution in [3.8, 4) is 5.82 Å². The average Bonchev–Trinajstić information content (AvgIpc) is 3.25. The largest absolute Gasteiger partial charge is 0.381 e. The van der Waals surface area contributed by atoms with E-state index in [0.717, 1.165) is 54.9 Å². The Balaban J connectivity index is 0.00000261. The summed E-state index contributed by atoms with van der Waals surface area (Å²) in [5.41, 5.74) is 3.18. The zero-order valence-electron chi connectivity index (χ0n) is 16.5. The van der Waals surface area contributed by atoms with E-state index in [-0.39, 0.29) is 24.0 Å². The first-order valence-electron chi connectivity index (χ1n) is 9.05. The minimum absolute atomic E-state index is 0. The van der Waals surface area contributed by atoms with Crippen LogP contribution in [0.15, 0.2) is 29.4 Å². The van der Waals surface area contributed by atoms with Gasteiger partial charge in [0.1, 0.15) is 0 Å². The summed E-state index contributed by atoms with van der Waals surface area (Å²) in [5, 5.41) is 7.88. The Bertz CT molecular complexity index is 752. The fourth-order valence-corrected chi connectivity index (χ4v) is 3.27. The predicted octanol–water partition coefficient (Wildman–Crippen LogP) is 2.55. The fraction of sp³-hybridized carbons (Fsp3) is 0.526. The molecule has 0 radical (unpaired) electrons. The molecule has 1 N–H and O–H groups in total. The number of nitrogens with one attached hydrogen (secondary N) is 1. The minimum atomic E-state index is 0. The van der Waals surface area contributed by atoms with E-state index in [1.165, 1.54) is 0 Å². The summed E-state index contributed by atoms with van der Waals surface area (Å²) < 4.78 is 7.32. The number of guanidine groups is 1. The van der Waals surface area contributed by atoms with Crippen molar-refractivity contribution in [1.29, 1.82) is 0 Å². The van der Waals surface area contributed by atoms with Crippen molar-refractivity contribution >= 4 is 29.9 Å². The van der Waals surface area contributed by atoms with Gasteiger partial charge in [0.2, 0.25) is 0 Å². The number of aliphatic imine (C=N–C) groups is 1. The lowest BCUT2D eigenvalue weighted by Crippen LogP contribution is -2.41. The highest BCUT2D eigenvalue weighted by Gasteiger charge is 2.19. The summed E-state index contributed by atoms with van der Waals surface area (Å²) in [4.78, 5) is 11.1. The van der Waals surface area contributed by atoms with Crippen molar-refractivity contribution in [3.63, 3.8) is 0 Å². The van der Waals surface area contributed by atoms with Crippen molar-refractivity contribution in [2.75, 3.05) is 33.9 Å². The molecule has 2 aromatic heterocycles. The summed E-state index contributed by atoms with van der Waals surface area (Å²) in [6, 6.07) is 6.12. The molecule has 0 aliphatic carbocycles. The maximum absolute atomic E-state index is 5.46. The van der Waals surface area contributed by atoms with Gasteiger partial charge in [-0.3, -0.25) is 4.99 Å². The number of halogens is 1. The molecule has 1 aliphatic heterocycles. The van der Waals surface area contributed by atoms with E-state index in [0.29, 0.717) is 12.5 Å². The van der Waals surface area contributed by atoms with E-state index in [1.807, 2.05) is 43.9 Å². The molecule has 1 saturated heterocycles. The van der Waals surface area contributed by atoms with Gasteiger partial charge in [0.25, 0.3) is 0 Å². The first kappa shape index (κ1) is 21.6. The van der Waals surface area contributed by atoms with E-state index in [2.05, 4.69) is 38.4 Å². The standard InChI is InChI=1S/C19H28N6O.HI/c1-14-9-15(2)25(23-14)18-6-5-16(10-21-18)11-22-19(20-3)24(4)12-17-7-8-26-13-17;/h5-6,9-10,17H,7-8,11-13H2,1-4H3,(H,20,22);1H. The molecule has 2 aromatic rings. The second-order valence-corrected chi connectivity index (χ2v) is 6.87. The smallest absolute Gasteiger partial charge is 0.193 e. The van der Waals surface area contributed by atoms with Crippen molar-refractivity contribution in [3.05, 3.63) is 41.3 Å². The number of nitrogens with zero attached hydrogens (tertiary/aromatic N) is 5. The van der Waals surface area contributed by atoms with Crippen LogP contribution in [0.25, 0.3) is 5.82 Å². The van der Waals surface area contributed by atoms with Gasteiger partial charge in [-0.05, 0) is 38.0 Å². The van der Waals surface area contributed by atoms with Crippen LogP contribution in [0.5, 0.6) is 0 Å². The van der Waals surface area contributed by atoms with Crippen LogP contribution in [0.3, 0.4) is 0 Å². The average molecular weight is 484 g/mol. The first-order chi connectivity index (χ1) is 12.6. The Hall–Kier alpha value is -1.68. The van der Waals surface area contributed by atoms with Gasteiger partial charge in [0.05, 0.1) is 12.3 Å². The number of hydrogen-bond donors (Lipinski definition) is 1. The maximum Gasteiger partial charge on any atom is 0.193 e. The molecular formula is C19H29IN6O. The quantitative estimate of drug-likeness (QED) is 0.402. The first-order valence-corrected chi connectivity index (χ1v) is 9.05. The number of aromatic nitrogens is 3. The van der Waals surface area contributed by atoms with E-state index in [4.69, 9.17) is 4.74 Å². The maximum atomic E-state index is 5.46. The molecule has 3 rings (SSSR count). The number of hydrogen-bond acceptors (Lipinski definition) is 4. The molecule has 3 heterocycles. The second kappa shape index (κ2) is 10.0. The Labute approximate surface area is 178 Å². The molecule has 1 unspecified atom stereocenters. The van der Waals surface area contributed by atoms with Crippen LogP contribution in [0.2, 0.25) is 0 Å². The van der Waals surface area contributed by atoms with Gasteiger partial charge in [0.15, 0.2) is 11.8 Å². The Kier molecular flexibility index (Phi) is 8.03. The number of aryl methyl sites for hydroxylation is 2. The number of pyridine rings is 1. The highest BCUT2D eigenvalue weighted by Crippen LogP contribution is 2.13. The molecule has 1 fully saturated rings. The lowest BCUT2D eigenvalue weighted by atomic mass is 10.1. The molecule has 1 atom stereocenters. The predicted molar refractivity (Wildman–Crippen MR) is 118 cm³/mol. The normalized spacial score (nSPS) is 16.9. The van der Waals surface area contributed by atoms with Crippen molar-refractivity contribution in [2.45, 2.75) is 26.8 Å². The molecule has 7 nitrogen and oxygen atoms in total. The molecule has 1 aliphatic rings. The van der Waals surface area contributed by atoms with Gasteiger partial charge in [0, 0.05) is 51.6 Å². The molecule has 0 spiro atoms. The monoisotopic (exact) mass is 484 g/mol. The van der Waals surface area contributed by atoms with Crippen LogP contribution < -0.4 is 5.32 Å². The summed E-state index contributed by atoms with van der Waals surface area (Å²) in [6.07, 6.45) is 3.01. The van der Waals surface area contributed by atoms with Crippen LogP contribution in [0.4, 0.5) is 0 Å². The number of ether oxygens (including phenoxy) is 1. The molecule has 8 heteroatoms. The zero-order chi connectivity index (χ0) is 18.5. The highest BCUT2D eigenvalue weighted by atomic mass is 127. The van der Waals surface area contributed by atoms with E-state index >= 15 is 0 Å². The van der Waals surface area contributed by atoms with E-state index in [1.54, 1.807) is 0 Å². The van der Waals surface area contributed by atoms with Crippen LogP contribution in [-0.4, -0.2) is 59.5 Å². The molecule has 0 saturated carbocycles. The zero-order valence-corrected chi connectivity index (χ0v) is 18.8. The summed E-state index contributed by atoms with van der Waals surface area (Å²) in [6.45, 7) is 7.38. The Morgan fingerprint density at radius 1 is 1.41 bits per heavy atom. The lowest BCUT2D eigenvalue weighted by molar-refractivity contribution is 0.181. The van der Waals surface area contributed by atoms with Crippen molar-refractivity contribution in [2.24, 2.45) is 10.9 Å².